The van der Waals surface area contributed by atoms with Gasteiger partial charge < -0.3 is 15.0 Å². The summed E-state index contributed by atoms with van der Waals surface area (Å²) in [6, 6.07) is 5.29. The number of benzene rings is 1. The van der Waals surface area contributed by atoms with Crippen LogP contribution in [0.4, 0.5) is 0 Å². The maximum absolute atomic E-state index is 12.2. The molecule has 1 rings (SSSR count). The molecule has 0 saturated carbocycles. The first kappa shape index (κ1) is 18.1. The molecular formula is C14H18Br2N2O3. The molecule has 7 heteroatoms. The molecule has 0 aliphatic rings. The van der Waals surface area contributed by atoms with E-state index in [1.165, 1.54) is 4.90 Å². The van der Waals surface area contributed by atoms with E-state index in [1.807, 2.05) is 6.07 Å². The van der Waals surface area contributed by atoms with E-state index in [9.17, 15) is 9.59 Å². The number of rotatable bonds is 7. The Morgan fingerprint density at radius 2 is 1.86 bits per heavy atom. The lowest BCUT2D eigenvalue weighted by Crippen LogP contribution is -2.38. The van der Waals surface area contributed by atoms with E-state index < -0.39 is 0 Å². The monoisotopic (exact) mass is 420 g/mol. The summed E-state index contributed by atoms with van der Waals surface area (Å²) >= 11 is 6.68. The molecule has 1 N–H and O–H groups in total. The molecule has 0 unspecified atom stereocenters. The Hall–Kier alpha value is -0.920. The molecule has 116 valence electrons. The SMILES string of the molecule is COCCCNC(=O)CN(C)C(=O)c1cc(Br)cc(Br)c1. The summed E-state index contributed by atoms with van der Waals surface area (Å²) in [7, 11) is 3.22. The molecule has 0 aliphatic carbocycles. The van der Waals surface area contributed by atoms with Gasteiger partial charge in [-0.05, 0) is 24.6 Å². The smallest absolute Gasteiger partial charge is 0.254 e. The quantitative estimate of drug-likeness (QED) is 0.688. The summed E-state index contributed by atoms with van der Waals surface area (Å²) in [5.74, 6) is -0.389. The van der Waals surface area contributed by atoms with Crippen molar-refractivity contribution in [2.45, 2.75) is 6.42 Å². The van der Waals surface area contributed by atoms with E-state index in [0.29, 0.717) is 18.7 Å². The Kier molecular flexibility index (Phi) is 7.92. The predicted molar refractivity (Wildman–Crippen MR) is 88.3 cm³/mol. The van der Waals surface area contributed by atoms with Crippen LogP contribution in [-0.2, 0) is 9.53 Å². The van der Waals surface area contributed by atoms with Crippen molar-refractivity contribution in [3.8, 4) is 0 Å². The molecule has 0 heterocycles. The molecule has 0 aromatic heterocycles. The first-order valence-electron chi connectivity index (χ1n) is 6.41. The zero-order valence-electron chi connectivity index (χ0n) is 12.0. The number of carbonyl (C=O) groups is 2. The number of amides is 2. The second-order valence-corrected chi connectivity index (χ2v) is 6.35. The zero-order valence-corrected chi connectivity index (χ0v) is 15.2. The number of nitrogens with one attached hydrogen (secondary N) is 1. The van der Waals surface area contributed by atoms with Crippen LogP contribution in [0.3, 0.4) is 0 Å². The van der Waals surface area contributed by atoms with E-state index in [1.54, 1.807) is 26.3 Å². The Balaban J connectivity index is 2.52. The first-order chi connectivity index (χ1) is 9.93. The molecule has 0 spiro atoms. The van der Waals surface area contributed by atoms with Gasteiger partial charge in [0.05, 0.1) is 6.54 Å². The standard InChI is InChI=1S/C14H18Br2N2O3/c1-18(9-13(19)17-4-3-5-21-2)14(20)10-6-11(15)8-12(16)7-10/h6-8H,3-5,9H2,1-2H3,(H,17,19). The average Bonchev–Trinajstić information content (AvgIpc) is 2.41. The van der Waals surface area contributed by atoms with Crippen molar-refractivity contribution in [3.63, 3.8) is 0 Å². The molecule has 2 amide bonds. The van der Waals surface area contributed by atoms with Gasteiger partial charge in [0.2, 0.25) is 5.91 Å². The van der Waals surface area contributed by atoms with Gasteiger partial charge in [0.15, 0.2) is 0 Å². The second-order valence-electron chi connectivity index (χ2n) is 4.52. The van der Waals surface area contributed by atoms with Gasteiger partial charge in [-0.3, -0.25) is 9.59 Å². The Morgan fingerprint density at radius 1 is 1.24 bits per heavy atom. The topological polar surface area (TPSA) is 58.6 Å². The van der Waals surface area contributed by atoms with E-state index >= 15 is 0 Å². The number of hydrogen-bond donors (Lipinski definition) is 1. The Morgan fingerprint density at radius 3 is 2.43 bits per heavy atom. The largest absolute Gasteiger partial charge is 0.385 e. The molecular weight excluding hydrogens is 404 g/mol. The van der Waals surface area contributed by atoms with Crippen molar-refractivity contribution in [2.24, 2.45) is 0 Å². The van der Waals surface area contributed by atoms with E-state index in [0.717, 1.165) is 15.4 Å². The average molecular weight is 422 g/mol. The molecule has 5 nitrogen and oxygen atoms in total. The molecule has 0 fully saturated rings. The van der Waals surface area contributed by atoms with E-state index in [2.05, 4.69) is 37.2 Å². The van der Waals surface area contributed by atoms with Crippen LogP contribution in [-0.4, -0.2) is 50.6 Å². The molecule has 1 aromatic rings. The maximum Gasteiger partial charge on any atom is 0.254 e. The van der Waals surface area contributed by atoms with Crippen LogP contribution < -0.4 is 5.32 Å². The Labute approximate surface area is 141 Å². The van der Waals surface area contributed by atoms with Crippen molar-refractivity contribution < 1.29 is 14.3 Å². The first-order valence-corrected chi connectivity index (χ1v) is 8.00. The van der Waals surface area contributed by atoms with Crippen molar-refractivity contribution in [1.29, 1.82) is 0 Å². The fourth-order valence-electron chi connectivity index (χ4n) is 1.69. The lowest BCUT2D eigenvalue weighted by Gasteiger charge is -2.17. The third kappa shape index (κ3) is 6.58. The highest BCUT2D eigenvalue weighted by Crippen LogP contribution is 2.20. The van der Waals surface area contributed by atoms with Gasteiger partial charge in [0.1, 0.15) is 0 Å². The minimum Gasteiger partial charge on any atom is -0.385 e. The molecule has 1 aromatic carbocycles. The molecule has 0 saturated heterocycles. The highest BCUT2D eigenvalue weighted by molar-refractivity contribution is 9.11. The maximum atomic E-state index is 12.2. The van der Waals surface area contributed by atoms with Crippen molar-refractivity contribution >= 4 is 43.7 Å². The van der Waals surface area contributed by atoms with Crippen LogP contribution >= 0.6 is 31.9 Å². The normalized spacial score (nSPS) is 10.3. The van der Waals surface area contributed by atoms with Crippen molar-refractivity contribution in [1.82, 2.24) is 10.2 Å². The zero-order chi connectivity index (χ0) is 15.8. The second kappa shape index (κ2) is 9.17. The van der Waals surface area contributed by atoms with Crippen LogP contribution in [0.2, 0.25) is 0 Å². The third-order valence-corrected chi connectivity index (χ3v) is 3.60. The van der Waals surface area contributed by atoms with Gasteiger partial charge in [-0.15, -0.1) is 0 Å². The number of halogens is 2. The number of methoxy groups -OCH3 is 1. The molecule has 0 bridgehead atoms. The van der Waals surface area contributed by atoms with Gasteiger partial charge in [0, 0.05) is 41.8 Å². The number of nitrogens with zero attached hydrogens (tertiary/aromatic N) is 1. The van der Waals surface area contributed by atoms with Crippen LogP contribution in [0.1, 0.15) is 16.8 Å². The van der Waals surface area contributed by atoms with Crippen molar-refractivity contribution in [2.75, 3.05) is 33.9 Å². The fourth-order valence-corrected chi connectivity index (χ4v) is 2.98. The van der Waals surface area contributed by atoms with Crippen LogP contribution in [0.15, 0.2) is 27.1 Å². The number of carbonyl (C=O) groups excluding carboxylic acids is 2. The summed E-state index contributed by atoms with van der Waals surface area (Å²) in [4.78, 5) is 25.4. The summed E-state index contributed by atoms with van der Waals surface area (Å²) in [5, 5.41) is 2.75. The lowest BCUT2D eigenvalue weighted by atomic mass is 10.2. The van der Waals surface area contributed by atoms with Gasteiger partial charge in [-0.1, -0.05) is 31.9 Å². The van der Waals surface area contributed by atoms with Gasteiger partial charge in [-0.25, -0.2) is 0 Å². The molecule has 0 radical (unpaired) electrons. The van der Waals surface area contributed by atoms with E-state index in [4.69, 9.17) is 4.74 Å². The summed E-state index contributed by atoms with van der Waals surface area (Å²) in [5.41, 5.74) is 0.519. The van der Waals surface area contributed by atoms with Gasteiger partial charge in [0.25, 0.3) is 5.91 Å². The lowest BCUT2D eigenvalue weighted by molar-refractivity contribution is -0.121. The van der Waals surface area contributed by atoms with Gasteiger partial charge in [-0.2, -0.15) is 0 Å². The van der Waals surface area contributed by atoms with Crippen LogP contribution in [0.5, 0.6) is 0 Å². The minimum atomic E-state index is -0.205. The van der Waals surface area contributed by atoms with Crippen molar-refractivity contribution in [3.05, 3.63) is 32.7 Å². The molecule has 0 aliphatic heterocycles. The summed E-state index contributed by atoms with van der Waals surface area (Å²) in [6.07, 6.45) is 0.748. The third-order valence-electron chi connectivity index (χ3n) is 2.68. The highest BCUT2D eigenvalue weighted by atomic mass is 79.9. The summed E-state index contributed by atoms with van der Waals surface area (Å²) in [6.45, 7) is 1.16. The highest BCUT2D eigenvalue weighted by Gasteiger charge is 2.15. The van der Waals surface area contributed by atoms with E-state index in [-0.39, 0.29) is 18.4 Å². The van der Waals surface area contributed by atoms with Crippen LogP contribution in [0.25, 0.3) is 0 Å². The predicted octanol–water partition coefficient (Wildman–Crippen LogP) is 2.44. The fraction of sp³-hybridized carbons (Fsp3) is 0.429. The minimum absolute atomic E-state index is 0.0238. The van der Waals surface area contributed by atoms with Gasteiger partial charge >= 0.3 is 0 Å². The Bertz CT molecular complexity index is 489. The molecule has 21 heavy (non-hydrogen) atoms. The number of ether oxygens (including phenoxy) is 1. The number of likely N-dealkylation sites (N-methyl/N-ethyl adjacent to an activating group) is 1. The van der Waals surface area contributed by atoms with Crippen LogP contribution in [0, 0.1) is 0 Å². The molecule has 0 atom stereocenters. The summed E-state index contributed by atoms with van der Waals surface area (Å²) < 4.78 is 6.51. The number of hydrogen-bond acceptors (Lipinski definition) is 3.